The zero-order valence-corrected chi connectivity index (χ0v) is 15.5. The number of unbranched alkanes of at least 4 members (excludes halogenated alkanes) is 8. The molecule has 0 unspecified atom stereocenters. The van der Waals surface area contributed by atoms with Gasteiger partial charge in [-0.1, -0.05) is 128 Å². The van der Waals surface area contributed by atoms with Crippen molar-refractivity contribution in [3.05, 3.63) is 35.9 Å². The van der Waals surface area contributed by atoms with E-state index in [9.17, 15) is 0 Å². The molecule has 0 amide bonds. The van der Waals surface area contributed by atoms with Crippen molar-refractivity contribution < 1.29 is 0 Å². The van der Waals surface area contributed by atoms with E-state index in [4.69, 9.17) is 0 Å². The van der Waals surface area contributed by atoms with Crippen LogP contribution in [0.15, 0.2) is 30.3 Å². The van der Waals surface area contributed by atoms with Gasteiger partial charge in [0.2, 0.25) is 0 Å². The molecule has 0 atom stereocenters. The summed E-state index contributed by atoms with van der Waals surface area (Å²) < 4.78 is 0. The van der Waals surface area contributed by atoms with Crippen molar-refractivity contribution in [2.75, 3.05) is 0 Å². The molecule has 1 rings (SSSR count). The topological polar surface area (TPSA) is 0 Å². The van der Waals surface area contributed by atoms with E-state index in [1.165, 1.54) is 69.8 Å². The third-order valence-electron chi connectivity index (χ3n) is 3.35. The molecule has 0 aliphatic rings. The molecule has 1 aromatic rings. The van der Waals surface area contributed by atoms with E-state index in [-0.39, 0.29) is 0 Å². The quantitative estimate of drug-likeness (QED) is 0.426. The Balaban J connectivity index is 0. The second-order valence-electron chi connectivity index (χ2n) is 5.78. The van der Waals surface area contributed by atoms with Crippen molar-refractivity contribution in [1.82, 2.24) is 0 Å². The lowest BCUT2D eigenvalue weighted by molar-refractivity contribution is 0.656. The van der Waals surface area contributed by atoms with Gasteiger partial charge in [-0.3, -0.25) is 0 Å². The van der Waals surface area contributed by atoms with Crippen molar-refractivity contribution in [2.45, 2.75) is 98.8 Å². The van der Waals surface area contributed by atoms with Crippen LogP contribution in [0.4, 0.5) is 0 Å². The van der Waals surface area contributed by atoms with E-state index >= 15 is 0 Å². The zero-order chi connectivity index (χ0) is 16.2. The van der Waals surface area contributed by atoms with Crippen molar-refractivity contribution in [1.29, 1.82) is 0 Å². The largest absolute Gasteiger partial charge is 0.0654 e. The van der Waals surface area contributed by atoms with Crippen LogP contribution in [-0.4, -0.2) is 0 Å². The zero-order valence-electron chi connectivity index (χ0n) is 15.5. The summed E-state index contributed by atoms with van der Waals surface area (Å²) in [7, 11) is 0. The molecule has 0 fully saturated rings. The molecule has 0 nitrogen and oxygen atoms in total. The summed E-state index contributed by atoms with van der Waals surface area (Å²) in [5.74, 6) is 0. The van der Waals surface area contributed by atoms with E-state index in [0.717, 1.165) is 0 Å². The maximum atomic E-state index is 2.25. The van der Waals surface area contributed by atoms with Gasteiger partial charge in [-0.25, -0.2) is 0 Å². The third-order valence-corrected chi connectivity index (χ3v) is 3.35. The lowest BCUT2D eigenvalue weighted by Gasteiger charge is -1.90. The Labute approximate surface area is 135 Å². The van der Waals surface area contributed by atoms with Crippen LogP contribution in [0.5, 0.6) is 0 Å². The molecule has 1 aromatic carbocycles. The Hall–Kier alpha value is -0.780. The molecule has 0 aliphatic carbocycles. The molecule has 0 heterocycles. The number of benzene rings is 1. The van der Waals surface area contributed by atoms with Crippen molar-refractivity contribution in [2.24, 2.45) is 0 Å². The van der Waals surface area contributed by atoms with Gasteiger partial charge in [0.1, 0.15) is 0 Å². The summed E-state index contributed by atoms with van der Waals surface area (Å²) in [5.41, 5.74) is 1.32. The first-order valence-corrected chi connectivity index (χ1v) is 9.24. The van der Waals surface area contributed by atoms with E-state index in [2.05, 4.69) is 46.8 Å². The van der Waals surface area contributed by atoms with Gasteiger partial charge in [0.05, 0.1) is 0 Å². The number of rotatable bonds is 8. The first kappa shape index (κ1) is 22.5. The van der Waals surface area contributed by atoms with E-state index in [0.29, 0.717) is 0 Å². The van der Waals surface area contributed by atoms with Crippen molar-refractivity contribution >= 4 is 0 Å². The Kier molecular flexibility index (Phi) is 23.1. The van der Waals surface area contributed by atoms with Crippen LogP contribution in [0.1, 0.15) is 97.5 Å². The van der Waals surface area contributed by atoms with Gasteiger partial charge >= 0.3 is 0 Å². The van der Waals surface area contributed by atoms with Crippen LogP contribution >= 0.6 is 0 Å². The first-order valence-electron chi connectivity index (χ1n) is 9.24. The molecule has 0 radical (unpaired) electrons. The van der Waals surface area contributed by atoms with Crippen LogP contribution in [0.25, 0.3) is 0 Å². The molecule has 0 bridgehead atoms. The fourth-order valence-electron chi connectivity index (χ4n) is 1.89. The average Bonchev–Trinajstić information content (AvgIpc) is 2.50. The smallest absolute Gasteiger partial charge is 0.0398 e. The first-order chi connectivity index (χ1) is 10.2. The molecule has 0 N–H and O–H groups in total. The highest BCUT2D eigenvalue weighted by Gasteiger charge is 1.80. The van der Waals surface area contributed by atoms with Gasteiger partial charge in [0.15, 0.2) is 0 Å². The number of hydrogen-bond acceptors (Lipinski definition) is 0. The molecule has 124 valence electrons. The Morgan fingerprint density at radius 2 is 0.857 bits per heavy atom. The number of hydrogen-bond donors (Lipinski definition) is 0. The maximum absolute atomic E-state index is 2.25. The van der Waals surface area contributed by atoms with Crippen LogP contribution in [0.2, 0.25) is 0 Å². The molecule has 0 aromatic heterocycles. The van der Waals surface area contributed by atoms with Crippen LogP contribution in [0.3, 0.4) is 0 Å². The molecule has 0 aliphatic heterocycles. The SMILES string of the molecule is CCCCCCC.CCCCCCC.Cc1ccccc1. The number of aryl methyl sites for hydroxylation is 1. The van der Waals surface area contributed by atoms with Crippen molar-refractivity contribution in [3.8, 4) is 0 Å². The fraction of sp³-hybridized carbons (Fsp3) is 0.714. The van der Waals surface area contributed by atoms with E-state index in [1.807, 2.05) is 18.2 Å². The minimum atomic E-state index is 1.32. The summed E-state index contributed by atoms with van der Waals surface area (Å²) in [4.78, 5) is 0. The summed E-state index contributed by atoms with van der Waals surface area (Å²) in [6, 6.07) is 10.3. The Bertz CT molecular complexity index is 232. The lowest BCUT2D eigenvalue weighted by atomic mass is 10.2. The summed E-state index contributed by atoms with van der Waals surface area (Å²) in [5, 5.41) is 0. The van der Waals surface area contributed by atoms with Crippen LogP contribution in [0, 0.1) is 6.92 Å². The van der Waals surface area contributed by atoms with Gasteiger partial charge in [0, 0.05) is 0 Å². The average molecular weight is 293 g/mol. The van der Waals surface area contributed by atoms with Gasteiger partial charge in [-0.05, 0) is 6.92 Å². The third kappa shape index (κ3) is 24.6. The highest BCUT2D eigenvalue weighted by molar-refractivity contribution is 5.11. The standard InChI is InChI=1S/C7H8.2C7H16/c1-7-5-3-2-4-6-7;2*1-3-5-7-6-4-2/h2-6H,1H3;2*3-7H2,1-2H3. The minimum Gasteiger partial charge on any atom is -0.0654 e. The normalized spacial score (nSPS) is 9.19. The second-order valence-corrected chi connectivity index (χ2v) is 5.78. The monoisotopic (exact) mass is 292 g/mol. The Morgan fingerprint density at radius 1 is 0.524 bits per heavy atom. The van der Waals surface area contributed by atoms with Crippen LogP contribution < -0.4 is 0 Å². The molecule has 21 heavy (non-hydrogen) atoms. The predicted octanol–water partition coefficient (Wildman–Crippen LogP) is 7.95. The summed E-state index contributed by atoms with van der Waals surface area (Å²) >= 11 is 0. The van der Waals surface area contributed by atoms with Crippen LogP contribution in [-0.2, 0) is 0 Å². The maximum Gasteiger partial charge on any atom is -0.0398 e. The fourth-order valence-corrected chi connectivity index (χ4v) is 1.89. The van der Waals surface area contributed by atoms with Crippen molar-refractivity contribution in [3.63, 3.8) is 0 Å². The lowest BCUT2D eigenvalue weighted by Crippen LogP contribution is -1.70. The molecular formula is C21H40. The van der Waals surface area contributed by atoms with E-state index < -0.39 is 0 Å². The molecule has 0 spiro atoms. The van der Waals surface area contributed by atoms with Gasteiger partial charge in [-0.15, -0.1) is 0 Å². The molecule has 0 heteroatoms. The molecule has 0 saturated carbocycles. The minimum absolute atomic E-state index is 1.32. The predicted molar refractivity (Wildman–Crippen MR) is 100 cm³/mol. The summed E-state index contributed by atoms with van der Waals surface area (Å²) in [6.07, 6.45) is 14.0. The Morgan fingerprint density at radius 3 is 1.05 bits per heavy atom. The second kappa shape index (κ2) is 21.5. The molecular weight excluding hydrogens is 252 g/mol. The van der Waals surface area contributed by atoms with E-state index in [1.54, 1.807) is 0 Å². The van der Waals surface area contributed by atoms with Gasteiger partial charge < -0.3 is 0 Å². The molecule has 0 saturated heterocycles. The summed E-state index contributed by atoms with van der Waals surface area (Å²) in [6.45, 7) is 11.1. The highest BCUT2D eigenvalue weighted by atomic mass is 13.9. The highest BCUT2D eigenvalue weighted by Crippen LogP contribution is 2.00. The van der Waals surface area contributed by atoms with Gasteiger partial charge in [0.25, 0.3) is 0 Å². The van der Waals surface area contributed by atoms with Gasteiger partial charge in [-0.2, -0.15) is 0 Å².